The summed E-state index contributed by atoms with van der Waals surface area (Å²) in [7, 11) is 0. The number of rotatable bonds is 2. The number of halogens is 1. The number of H-pyrrole nitrogens is 1. The van der Waals surface area contributed by atoms with E-state index in [-0.39, 0.29) is 0 Å². The van der Waals surface area contributed by atoms with Crippen molar-refractivity contribution >= 4 is 17.4 Å². The number of hydrogen-bond acceptors (Lipinski definition) is 2. The molecule has 1 saturated carbocycles. The summed E-state index contributed by atoms with van der Waals surface area (Å²) in [6.45, 7) is 2.23. The number of aromatic amines is 1. The van der Waals surface area contributed by atoms with Gasteiger partial charge in [0.2, 0.25) is 0 Å². The van der Waals surface area contributed by atoms with E-state index >= 15 is 0 Å². The maximum Gasteiger partial charge on any atom is 0.153 e. The van der Waals surface area contributed by atoms with Crippen molar-refractivity contribution in [3.05, 3.63) is 35.0 Å². The van der Waals surface area contributed by atoms with Crippen LogP contribution in [0.15, 0.2) is 24.3 Å². The van der Waals surface area contributed by atoms with Gasteiger partial charge in [-0.1, -0.05) is 36.7 Å². The molecule has 0 aliphatic heterocycles. The Kier molecular flexibility index (Phi) is 2.37. The van der Waals surface area contributed by atoms with E-state index in [1.807, 2.05) is 24.3 Å². The molecular formula is C13H14ClN3. The summed E-state index contributed by atoms with van der Waals surface area (Å²) >= 11 is 6.22. The predicted octanol–water partition coefficient (Wildman–Crippen LogP) is 3.44. The summed E-state index contributed by atoms with van der Waals surface area (Å²) in [6, 6.07) is 7.75. The Hall–Kier alpha value is -1.48. The molecule has 1 aromatic carbocycles. The van der Waals surface area contributed by atoms with Crippen molar-refractivity contribution in [3.8, 4) is 11.1 Å². The van der Waals surface area contributed by atoms with E-state index < -0.39 is 0 Å². The molecule has 1 aliphatic rings. The molecule has 3 N–H and O–H groups in total. The van der Waals surface area contributed by atoms with Crippen LogP contribution in [0.1, 0.15) is 25.0 Å². The average Bonchev–Trinajstić information content (AvgIpc) is 2.90. The number of nitrogen functional groups attached to an aromatic ring is 1. The summed E-state index contributed by atoms with van der Waals surface area (Å²) in [5, 5.41) is 7.90. The zero-order chi connectivity index (χ0) is 12.0. The lowest BCUT2D eigenvalue weighted by Gasteiger charge is -2.05. The summed E-state index contributed by atoms with van der Waals surface area (Å²) in [4.78, 5) is 0. The molecule has 4 heteroatoms. The lowest BCUT2D eigenvalue weighted by molar-refractivity contribution is 0.873. The number of anilines is 1. The molecule has 1 fully saturated rings. The van der Waals surface area contributed by atoms with Crippen LogP contribution in [0.3, 0.4) is 0 Å². The zero-order valence-electron chi connectivity index (χ0n) is 9.57. The quantitative estimate of drug-likeness (QED) is 0.854. The Balaban J connectivity index is 2.14. The maximum absolute atomic E-state index is 6.22. The van der Waals surface area contributed by atoms with E-state index in [9.17, 15) is 0 Å². The SMILES string of the molecule is CC1CC1c1[nH]nc(N)c1-c1ccccc1Cl. The fraction of sp³-hybridized carbons (Fsp3) is 0.308. The first-order chi connectivity index (χ1) is 8.18. The second-order valence-electron chi connectivity index (χ2n) is 4.70. The molecule has 1 heterocycles. The summed E-state index contributed by atoms with van der Waals surface area (Å²) in [5.41, 5.74) is 9.02. The van der Waals surface area contributed by atoms with Gasteiger partial charge in [-0.2, -0.15) is 5.10 Å². The first-order valence-corrected chi connectivity index (χ1v) is 6.15. The van der Waals surface area contributed by atoms with Crippen LogP contribution in [-0.4, -0.2) is 10.2 Å². The third kappa shape index (κ3) is 1.71. The van der Waals surface area contributed by atoms with Gasteiger partial charge in [-0.05, 0) is 18.4 Å². The van der Waals surface area contributed by atoms with Crippen LogP contribution >= 0.6 is 11.6 Å². The Morgan fingerprint density at radius 2 is 2.12 bits per heavy atom. The Bertz CT molecular complexity index is 562. The molecule has 3 rings (SSSR count). The van der Waals surface area contributed by atoms with Crippen LogP contribution in [0.2, 0.25) is 5.02 Å². The van der Waals surface area contributed by atoms with Crippen molar-refractivity contribution in [1.82, 2.24) is 10.2 Å². The van der Waals surface area contributed by atoms with Gasteiger partial charge in [-0.25, -0.2) is 0 Å². The van der Waals surface area contributed by atoms with Gasteiger partial charge in [0, 0.05) is 27.8 Å². The van der Waals surface area contributed by atoms with Crippen LogP contribution < -0.4 is 5.73 Å². The monoisotopic (exact) mass is 247 g/mol. The molecule has 3 nitrogen and oxygen atoms in total. The molecular weight excluding hydrogens is 234 g/mol. The highest BCUT2D eigenvalue weighted by atomic mass is 35.5. The number of nitrogens with one attached hydrogen (secondary N) is 1. The highest BCUT2D eigenvalue weighted by Gasteiger charge is 2.38. The minimum Gasteiger partial charge on any atom is -0.382 e. The molecule has 1 aromatic heterocycles. The van der Waals surface area contributed by atoms with Crippen molar-refractivity contribution in [3.63, 3.8) is 0 Å². The van der Waals surface area contributed by atoms with Gasteiger partial charge in [0.15, 0.2) is 5.82 Å². The van der Waals surface area contributed by atoms with Crippen molar-refractivity contribution in [2.24, 2.45) is 5.92 Å². The topological polar surface area (TPSA) is 54.7 Å². The van der Waals surface area contributed by atoms with Crippen molar-refractivity contribution in [2.45, 2.75) is 19.3 Å². The summed E-state index contributed by atoms with van der Waals surface area (Å²) < 4.78 is 0. The van der Waals surface area contributed by atoms with Gasteiger partial charge in [0.05, 0.1) is 0 Å². The lowest BCUT2D eigenvalue weighted by Crippen LogP contribution is -1.91. The van der Waals surface area contributed by atoms with Gasteiger partial charge < -0.3 is 5.73 Å². The minimum atomic E-state index is 0.534. The van der Waals surface area contributed by atoms with Gasteiger partial charge in [0.1, 0.15) is 0 Å². The molecule has 2 atom stereocenters. The summed E-state index contributed by atoms with van der Waals surface area (Å²) in [6.07, 6.45) is 1.19. The molecule has 0 spiro atoms. The van der Waals surface area contributed by atoms with Crippen molar-refractivity contribution in [2.75, 3.05) is 5.73 Å². The van der Waals surface area contributed by atoms with Crippen LogP contribution in [0.5, 0.6) is 0 Å². The van der Waals surface area contributed by atoms with Crippen LogP contribution in [0.4, 0.5) is 5.82 Å². The fourth-order valence-corrected chi connectivity index (χ4v) is 2.54. The molecule has 0 radical (unpaired) electrons. The van der Waals surface area contributed by atoms with Gasteiger partial charge in [-0.3, -0.25) is 5.10 Å². The number of nitrogens with zero attached hydrogens (tertiary/aromatic N) is 1. The number of benzene rings is 1. The number of aromatic nitrogens is 2. The van der Waals surface area contributed by atoms with Gasteiger partial charge in [-0.15, -0.1) is 0 Å². The smallest absolute Gasteiger partial charge is 0.153 e. The Labute approximate surface area is 105 Å². The largest absolute Gasteiger partial charge is 0.382 e. The normalized spacial score (nSPS) is 22.7. The van der Waals surface area contributed by atoms with E-state index in [0.29, 0.717) is 17.7 Å². The van der Waals surface area contributed by atoms with Crippen LogP contribution in [-0.2, 0) is 0 Å². The van der Waals surface area contributed by atoms with E-state index in [4.69, 9.17) is 17.3 Å². The molecule has 2 unspecified atom stereocenters. The number of hydrogen-bond donors (Lipinski definition) is 2. The minimum absolute atomic E-state index is 0.534. The molecule has 0 saturated heterocycles. The standard InChI is InChI=1S/C13H14ClN3/c1-7-6-9(7)12-11(13(15)17-16-12)8-4-2-3-5-10(8)14/h2-5,7,9H,6H2,1H3,(H3,15,16,17). The van der Waals surface area contributed by atoms with E-state index in [0.717, 1.165) is 21.8 Å². The first-order valence-electron chi connectivity index (χ1n) is 5.77. The van der Waals surface area contributed by atoms with Gasteiger partial charge in [0.25, 0.3) is 0 Å². The Morgan fingerprint density at radius 3 is 2.76 bits per heavy atom. The van der Waals surface area contributed by atoms with Crippen LogP contribution in [0.25, 0.3) is 11.1 Å². The number of nitrogens with two attached hydrogens (primary N) is 1. The summed E-state index contributed by atoms with van der Waals surface area (Å²) in [5.74, 6) is 1.79. The Morgan fingerprint density at radius 1 is 1.41 bits per heavy atom. The lowest BCUT2D eigenvalue weighted by atomic mass is 10.0. The van der Waals surface area contributed by atoms with Crippen molar-refractivity contribution < 1.29 is 0 Å². The van der Waals surface area contributed by atoms with Gasteiger partial charge >= 0.3 is 0 Å². The maximum atomic E-state index is 6.22. The third-order valence-corrected chi connectivity index (χ3v) is 3.78. The van der Waals surface area contributed by atoms with E-state index in [2.05, 4.69) is 17.1 Å². The average molecular weight is 248 g/mol. The second-order valence-corrected chi connectivity index (χ2v) is 5.10. The van der Waals surface area contributed by atoms with E-state index in [1.54, 1.807) is 0 Å². The fourth-order valence-electron chi connectivity index (χ4n) is 2.31. The zero-order valence-corrected chi connectivity index (χ0v) is 10.3. The molecule has 0 amide bonds. The van der Waals surface area contributed by atoms with Crippen molar-refractivity contribution in [1.29, 1.82) is 0 Å². The molecule has 2 aromatic rings. The predicted molar refractivity (Wildman–Crippen MR) is 70.0 cm³/mol. The third-order valence-electron chi connectivity index (χ3n) is 3.45. The molecule has 88 valence electrons. The second kappa shape index (κ2) is 3.77. The highest BCUT2D eigenvalue weighted by Crippen LogP contribution is 2.50. The highest BCUT2D eigenvalue weighted by molar-refractivity contribution is 6.33. The first kappa shape index (κ1) is 10.7. The molecule has 0 bridgehead atoms. The van der Waals surface area contributed by atoms with Crippen LogP contribution in [0, 0.1) is 5.92 Å². The molecule has 17 heavy (non-hydrogen) atoms. The van der Waals surface area contributed by atoms with E-state index in [1.165, 1.54) is 6.42 Å². The molecule has 1 aliphatic carbocycles.